The molecule has 1 atom stereocenters. The first kappa shape index (κ1) is 22.8. The standard InChI is InChI=1S/C26H23NO7/c1-3-33-19-12-10-17(11-13-19)23(28)21-22(16-6-8-18(9-7-16)26(31)32-2)27(25(30)24(21)29)15-20-5-4-14-34-20/h4-14,22,28H,3,15H2,1-2H3. The number of esters is 1. The van der Waals surface area contributed by atoms with Gasteiger partial charge in [-0.15, -0.1) is 0 Å². The Kier molecular flexibility index (Phi) is 6.49. The lowest BCUT2D eigenvalue weighted by molar-refractivity contribution is -0.140. The molecule has 2 aromatic carbocycles. The van der Waals surface area contributed by atoms with E-state index in [4.69, 9.17) is 13.9 Å². The maximum Gasteiger partial charge on any atom is 0.337 e. The van der Waals surface area contributed by atoms with Gasteiger partial charge in [0.25, 0.3) is 11.7 Å². The number of aliphatic hydroxyl groups is 1. The number of amides is 1. The fourth-order valence-corrected chi connectivity index (χ4v) is 3.91. The van der Waals surface area contributed by atoms with Crippen LogP contribution in [0.15, 0.2) is 76.9 Å². The van der Waals surface area contributed by atoms with Crippen molar-refractivity contribution in [3.05, 3.63) is 95.0 Å². The van der Waals surface area contributed by atoms with Gasteiger partial charge < -0.3 is 23.9 Å². The fraction of sp³-hybridized carbons (Fsp3) is 0.192. The van der Waals surface area contributed by atoms with E-state index in [1.807, 2.05) is 6.92 Å². The van der Waals surface area contributed by atoms with Crippen molar-refractivity contribution in [2.45, 2.75) is 19.5 Å². The summed E-state index contributed by atoms with van der Waals surface area (Å²) in [5, 5.41) is 11.1. The van der Waals surface area contributed by atoms with Crippen LogP contribution in [0, 0.1) is 0 Å². The molecule has 0 aliphatic carbocycles. The van der Waals surface area contributed by atoms with Gasteiger partial charge in [-0.25, -0.2) is 4.79 Å². The van der Waals surface area contributed by atoms with E-state index in [1.54, 1.807) is 60.7 Å². The number of rotatable bonds is 7. The minimum atomic E-state index is -0.886. The minimum Gasteiger partial charge on any atom is -0.507 e. The van der Waals surface area contributed by atoms with Crippen molar-refractivity contribution in [1.29, 1.82) is 0 Å². The van der Waals surface area contributed by atoms with E-state index in [-0.39, 0.29) is 17.9 Å². The number of carbonyl (C=O) groups is 3. The highest BCUT2D eigenvalue weighted by atomic mass is 16.5. The Morgan fingerprint density at radius 2 is 1.71 bits per heavy atom. The molecule has 0 spiro atoms. The van der Waals surface area contributed by atoms with Crippen LogP contribution in [0.3, 0.4) is 0 Å². The number of hydrogen-bond donors (Lipinski definition) is 1. The van der Waals surface area contributed by atoms with Crippen molar-refractivity contribution in [3.63, 3.8) is 0 Å². The smallest absolute Gasteiger partial charge is 0.337 e. The highest BCUT2D eigenvalue weighted by Crippen LogP contribution is 2.40. The summed E-state index contributed by atoms with van der Waals surface area (Å²) >= 11 is 0. The summed E-state index contributed by atoms with van der Waals surface area (Å²) in [5.74, 6) is -1.27. The number of hydrogen-bond acceptors (Lipinski definition) is 7. The van der Waals surface area contributed by atoms with Crippen LogP contribution in [-0.2, 0) is 20.9 Å². The number of carbonyl (C=O) groups excluding carboxylic acids is 3. The molecule has 2 heterocycles. The average Bonchev–Trinajstić information content (AvgIpc) is 3.46. The number of methoxy groups -OCH3 is 1. The molecule has 1 aliphatic rings. The Labute approximate surface area is 196 Å². The van der Waals surface area contributed by atoms with E-state index in [0.29, 0.717) is 34.8 Å². The van der Waals surface area contributed by atoms with Gasteiger partial charge in [-0.1, -0.05) is 12.1 Å². The van der Waals surface area contributed by atoms with E-state index in [1.165, 1.54) is 18.3 Å². The summed E-state index contributed by atoms with van der Waals surface area (Å²) in [4.78, 5) is 39.3. The van der Waals surface area contributed by atoms with Crippen LogP contribution in [-0.4, -0.2) is 41.4 Å². The Bertz CT molecular complexity index is 1230. The number of nitrogens with zero attached hydrogens (tertiary/aromatic N) is 1. The molecular weight excluding hydrogens is 438 g/mol. The van der Waals surface area contributed by atoms with E-state index in [9.17, 15) is 19.5 Å². The SMILES string of the molecule is CCOc1ccc(C(O)=C2C(=O)C(=O)N(Cc3ccco3)C2c2ccc(C(=O)OC)cc2)cc1. The maximum atomic E-state index is 13.1. The molecular formula is C26H23NO7. The molecule has 1 N–H and O–H groups in total. The number of ether oxygens (including phenoxy) is 2. The molecule has 8 heteroatoms. The zero-order valence-corrected chi connectivity index (χ0v) is 18.7. The summed E-state index contributed by atoms with van der Waals surface area (Å²) < 4.78 is 15.6. The molecule has 1 aromatic heterocycles. The second-order valence-corrected chi connectivity index (χ2v) is 7.58. The van der Waals surface area contributed by atoms with Gasteiger partial charge in [-0.2, -0.15) is 0 Å². The summed E-state index contributed by atoms with van der Waals surface area (Å²) in [6.45, 7) is 2.38. The summed E-state index contributed by atoms with van der Waals surface area (Å²) in [6.07, 6.45) is 1.48. The molecule has 0 saturated carbocycles. The normalized spacial score (nSPS) is 17.1. The van der Waals surface area contributed by atoms with Crippen LogP contribution in [0.2, 0.25) is 0 Å². The fourth-order valence-electron chi connectivity index (χ4n) is 3.91. The second kappa shape index (κ2) is 9.66. The first-order chi connectivity index (χ1) is 16.4. The van der Waals surface area contributed by atoms with Gasteiger partial charge in [0.2, 0.25) is 0 Å². The molecule has 174 valence electrons. The van der Waals surface area contributed by atoms with Gasteiger partial charge in [0.05, 0.1) is 43.7 Å². The molecule has 8 nitrogen and oxygen atoms in total. The van der Waals surface area contributed by atoms with Gasteiger partial charge in [-0.05, 0) is 61.0 Å². The highest BCUT2D eigenvalue weighted by molar-refractivity contribution is 6.46. The van der Waals surface area contributed by atoms with Crippen molar-refractivity contribution in [2.24, 2.45) is 0 Å². The molecule has 1 fully saturated rings. The van der Waals surface area contributed by atoms with Crippen LogP contribution in [0.25, 0.3) is 5.76 Å². The van der Waals surface area contributed by atoms with Crippen molar-refractivity contribution >= 4 is 23.4 Å². The molecule has 1 saturated heterocycles. The van der Waals surface area contributed by atoms with Gasteiger partial charge >= 0.3 is 5.97 Å². The lowest BCUT2D eigenvalue weighted by Gasteiger charge is -2.24. The second-order valence-electron chi connectivity index (χ2n) is 7.58. The Balaban J connectivity index is 1.80. The van der Waals surface area contributed by atoms with E-state index in [2.05, 4.69) is 0 Å². The molecule has 0 radical (unpaired) electrons. The van der Waals surface area contributed by atoms with Crippen LogP contribution in [0.4, 0.5) is 0 Å². The Morgan fingerprint density at radius 3 is 2.29 bits per heavy atom. The number of benzene rings is 2. The summed E-state index contributed by atoms with van der Waals surface area (Å²) in [7, 11) is 1.28. The predicted octanol–water partition coefficient (Wildman–Crippen LogP) is 4.09. The molecule has 0 bridgehead atoms. The van der Waals surface area contributed by atoms with E-state index in [0.717, 1.165) is 0 Å². The third kappa shape index (κ3) is 4.30. The topological polar surface area (TPSA) is 106 Å². The highest BCUT2D eigenvalue weighted by Gasteiger charge is 2.46. The first-order valence-electron chi connectivity index (χ1n) is 10.7. The van der Waals surface area contributed by atoms with E-state index < -0.39 is 23.7 Å². The minimum absolute atomic E-state index is 0.0288. The molecule has 3 aromatic rings. The number of furan rings is 1. The first-order valence-corrected chi connectivity index (χ1v) is 10.7. The molecule has 34 heavy (non-hydrogen) atoms. The molecule has 4 rings (SSSR count). The zero-order chi connectivity index (χ0) is 24.2. The third-order valence-corrected chi connectivity index (χ3v) is 5.53. The zero-order valence-electron chi connectivity index (χ0n) is 18.7. The summed E-state index contributed by atoms with van der Waals surface area (Å²) in [5.41, 5.74) is 1.19. The van der Waals surface area contributed by atoms with Crippen LogP contribution in [0.1, 0.15) is 40.2 Å². The van der Waals surface area contributed by atoms with Gasteiger partial charge in [0, 0.05) is 5.56 Å². The molecule has 1 unspecified atom stereocenters. The van der Waals surface area contributed by atoms with Crippen LogP contribution in [0.5, 0.6) is 5.75 Å². The number of aliphatic hydroxyl groups excluding tert-OH is 1. The van der Waals surface area contributed by atoms with Gasteiger partial charge in [0.15, 0.2) is 0 Å². The van der Waals surface area contributed by atoms with Crippen molar-refractivity contribution in [2.75, 3.05) is 13.7 Å². The number of likely N-dealkylation sites (tertiary alicyclic amines) is 1. The Morgan fingerprint density at radius 1 is 1.03 bits per heavy atom. The quantitative estimate of drug-likeness (QED) is 0.244. The van der Waals surface area contributed by atoms with Crippen molar-refractivity contribution in [1.82, 2.24) is 4.90 Å². The van der Waals surface area contributed by atoms with Crippen molar-refractivity contribution < 1.29 is 33.4 Å². The molecule has 1 amide bonds. The third-order valence-electron chi connectivity index (χ3n) is 5.53. The summed E-state index contributed by atoms with van der Waals surface area (Å²) in [6, 6.07) is 15.5. The lowest BCUT2D eigenvalue weighted by Crippen LogP contribution is -2.29. The van der Waals surface area contributed by atoms with Crippen LogP contribution >= 0.6 is 0 Å². The average molecular weight is 461 g/mol. The van der Waals surface area contributed by atoms with Crippen LogP contribution < -0.4 is 4.74 Å². The van der Waals surface area contributed by atoms with Gasteiger partial charge in [0.1, 0.15) is 17.3 Å². The van der Waals surface area contributed by atoms with Gasteiger partial charge in [-0.3, -0.25) is 9.59 Å². The number of Topliss-reactive ketones (excluding diaryl/α,β-unsaturated/α-hetero) is 1. The van der Waals surface area contributed by atoms with Crippen molar-refractivity contribution in [3.8, 4) is 5.75 Å². The monoisotopic (exact) mass is 461 g/mol. The predicted molar refractivity (Wildman–Crippen MR) is 122 cm³/mol. The Hall–Kier alpha value is -4.33. The number of ketones is 1. The molecule has 1 aliphatic heterocycles. The largest absolute Gasteiger partial charge is 0.507 e. The van der Waals surface area contributed by atoms with E-state index >= 15 is 0 Å². The maximum absolute atomic E-state index is 13.1. The lowest BCUT2D eigenvalue weighted by atomic mass is 9.94.